The summed E-state index contributed by atoms with van der Waals surface area (Å²) in [4.78, 5) is 49.9. The lowest BCUT2D eigenvalue weighted by atomic mass is 9.91. The number of imide groups is 1. The van der Waals surface area contributed by atoms with Crippen LogP contribution in [0.2, 0.25) is 0 Å². The Morgan fingerprint density at radius 1 is 1.06 bits per heavy atom. The molecule has 0 saturated heterocycles. The van der Waals surface area contributed by atoms with Gasteiger partial charge in [0.25, 0.3) is 11.8 Å². The van der Waals surface area contributed by atoms with Gasteiger partial charge in [0.15, 0.2) is 0 Å². The quantitative estimate of drug-likeness (QED) is 0.378. The normalized spacial score (nSPS) is 16.9. The molecule has 34 heavy (non-hydrogen) atoms. The molecule has 2 aliphatic rings. The van der Waals surface area contributed by atoms with Crippen molar-refractivity contribution in [3.8, 4) is 0 Å². The van der Waals surface area contributed by atoms with Gasteiger partial charge in [-0.1, -0.05) is 29.4 Å². The zero-order chi connectivity index (χ0) is 23.8. The lowest BCUT2D eigenvalue weighted by molar-refractivity contribution is -0.142. The van der Waals surface area contributed by atoms with Crippen molar-refractivity contribution in [1.82, 2.24) is 4.90 Å². The lowest BCUT2D eigenvalue weighted by Gasteiger charge is -2.19. The maximum atomic E-state index is 12.6. The van der Waals surface area contributed by atoms with Crippen molar-refractivity contribution in [3.63, 3.8) is 0 Å². The first kappa shape index (κ1) is 22.0. The molecule has 0 saturated carbocycles. The number of nitrogens with zero attached hydrogens (tertiary/aromatic N) is 2. The largest absolute Gasteiger partial charge is 0.481 e. The van der Waals surface area contributed by atoms with Crippen molar-refractivity contribution in [1.29, 1.82) is 0 Å². The van der Waals surface area contributed by atoms with E-state index in [0.717, 1.165) is 41.7 Å². The average molecular weight is 460 g/mol. The fourth-order valence-corrected chi connectivity index (χ4v) is 5.07. The van der Waals surface area contributed by atoms with Gasteiger partial charge in [0, 0.05) is 23.9 Å². The van der Waals surface area contributed by atoms with Crippen molar-refractivity contribution in [2.24, 2.45) is 11.1 Å². The van der Waals surface area contributed by atoms with Gasteiger partial charge in [-0.3, -0.25) is 19.3 Å². The number of furan rings is 1. The Hall–Kier alpha value is -3.81. The Morgan fingerprint density at radius 2 is 1.76 bits per heavy atom. The maximum absolute atomic E-state index is 12.6. The van der Waals surface area contributed by atoms with E-state index in [1.807, 2.05) is 12.1 Å². The van der Waals surface area contributed by atoms with E-state index in [0.29, 0.717) is 22.3 Å². The van der Waals surface area contributed by atoms with Crippen molar-refractivity contribution >= 4 is 28.8 Å². The van der Waals surface area contributed by atoms with Crippen LogP contribution in [0, 0.1) is 10.8 Å². The van der Waals surface area contributed by atoms with Crippen LogP contribution >= 0.6 is 0 Å². The summed E-state index contributed by atoms with van der Waals surface area (Å²) in [7, 11) is 0. The number of amides is 2. The van der Waals surface area contributed by atoms with Crippen LogP contribution in [0.5, 0.6) is 0 Å². The Labute approximate surface area is 195 Å². The van der Waals surface area contributed by atoms with Gasteiger partial charge in [-0.05, 0) is 55.9 Å². The van der Waals surface area contributed by atoms with Gasteiger partial charge < -0.3 is 9.52 Å². The van der Waals surface area contributed by atoms with Crippen LogP contribution in [0.15, 0.2) is 52.1 Å². The van der Waals surface area contributed by atoms with E-state index in [4.69, 9.17) is 4.42 Å². The molecule has 1 aliphatic carbocycles. The van der Waals surface area contributed by atoms with E-state index in [9.17, 15) is 24.4 Å². The molecule has 2 aromatic carbocycles. The second-order valence-corrected chi connectivity index (χ2v) is 8.95. The summed E-state index contributed by atoms with van der Waals surface area (Å²) >= 11 is 0. The SMILES string of the molecule is O=NC(CC(CCN1C(=O)c2ccccc2C1=O)C(=O)O)c1ccc2c3c(oc2c1)CCCC3. The van der Waals surface area contributed by atoms with Crippen LogP contribution in [0.1, 0.15) is 69.3 Å². The zero-order valence-electron chi connectivity index (χ0n) is 18.5. The van der Waals surface area contributed by atoms with Gasteiger partial charge >= 0.3 is 5.97 Å². The Morgan fingerprint density at radius 3 is 2.44 bits per heavy atom. The highest BCUT2D eigenvalue weighted by Gasteiger charge is 2.36. The number of benzene rings is 2. The van der Waals surface area contributed by atoms with Crippen LogP contribution in [0.3, 0.4) is 0 Å². The smallest absolute Gasteiger partial charge is 0.306 e. The van der Waals surface area contributed by atoms with E-state index in [1.54, 1.807) is 30.3 Å². The minimum Gasteiger partial charge on any atom is -0.481 e. The molecule has 0 radical (unpaired) electrons. The van der Waals surface area contributed by atoms with Crippen LogP contribution in [-0.4, -0.2) is 34.3 Å². The number of nitroso groups, excluding NO2 is 1. The molecule has 5 rings (SSSR count). The predicted octanol–water partition coefficient (Wildman–Crippen LogP) is 4.90. The van der Waals surface area contributed by atoms with Gasteiger partial charge in [0.2, 0.25) is 0 Å². The predicted molar refractivity (Wildman–Crippen MR) is 124 cm³/mol. The topological polar surface area (TPSA) is 117 Å². The van der Waals surface area contributed by atoms with Gasteiger partial charge in [0.1, 0.15) is 17.4 Å². The molecule has 8 heteroatoms. The number of hydrogen-bond acceptors (Lipinski definition) is 6. The summed E-state index contributed by atoms with van der Waals surface area (Å²) in [5, 5.41) is 14.0. The summed E-state index contributed by atoms with van der Waals surface area (Å²) in [6.45, 7) is -0.0428. The summed E-state index contributed by atoms with van der Waals surface area (Å²) in [5.74, 6) is -1.92. The molecule has 0 spiro atoms. The van der Waals surface area contributed by atoms with Gasteiger partial charge in [-0.25, -0.2) is 0 Å². The molecule has 1 aromatic heterocycles. The molecule has 2 unspecified atom stereocenters. The molecular formula is C26H24N2O6. The Balaban J connectivity index is 1.31. The monoisotopic (exact) mass is 460 g/mol. The molecule has 2 heterocycles. The summed E-state index contributed by atoms with van der Waals surface area (Å²) in [6, 6.07) is 11.2. The minimum absolute atomic E-state index is 0.0319. The summed E-state index contributed by atoms with van der Waals surface area (Å²) < 4.78 is 6.01. The Bertz CT molecular complexity index is 1270. The van der Waals surface area contributed by atoms with Crippen molar-refractivity contribution in [2.45, 2.75) is 44.6 Å². The molecule has 1 aliphatic heterocycles. The number of carbonyl (C=O) groups is 3. The first-order valence-corrected chi connectivity index (χ1v) is 11.5. The average Bonchev–Trinajstić information content (AvgIpc) is 3.34. The fourth-order valence-electron chi connectivity index (χ4n) is 5.07. The van der Waals surface area contributed by atoms with E-state index in [-0.39, 0.29) is 19.4 Å². The second kappa shape index (κ2) is 8.85. The van der Waals surface area contributed by atoms with E-state index in [2.05, 4.69) is 5.18 Å². The van der Waals surface area contributed by atoms with Crippen molar-refractivity contribution < 1.29 is 23.9 Å². The third-order valence-corrected chi connectivity index (χ3v) is 6.93. The molecule has 0 bridgehead atoms. The number of carbonyl (C=O) groups excluding carboxylic acids is 2. The summed E-state index contributed by atoms with van der Waals surface area (Å²) in [6.07, 6.45) is 4.07. The van der Waals surface area contributed by atoms with Crippen LogP contribution in [-0.2, 0) is 17.6 Å². The highest BCUT2D eigenvalue weighted by atomic mass is 16.4. The minimum atomic E-state index is -1.10. The lowest BCUT2D eigenvalue weighted by Crippen LogP contribution is -2.33. The molecule has 2 amide bonds. The number of carboxylic acids is 1. The molecule has 174 valence electrons. The van der Waals surface area contributed by atoms with Crippen molar-refractivity contribution in [3.05, 3.63) is 75.4 Å². The van der Waals surface area contributed by atoms with E-state index < -0.39 is 29.7 Å². The Kier molecular flexibility index (Phi) is 5.73. The molecule has 8 nitrogen and oxygen atoms in total. The molecule has 1 N–H and O–H groups in total. The number of rotatable bonds is 8. The zero-order valence-corrected chi connectivity index (χ0v) is 18.5. The number of aliphatic carboxylic acids is 1. The highest BCUT2D eigenvalue weighted by Crippen LogP contribution is 2.35. The number of fused-ring (bicyclic) bond motifs is 4. The number of carboxylic acid groups (broad SMARTS) is 1. The van der Waals surface area contributed by atoms with Crippen LogP contribution in [0.4, 0.5) is 0 Å². The maximum Gasteiger partial charge on any atom is 0.306 e. The van der Waals surface area contributed by atoms with Gasteiger partial charge in [-0.15, -0.1) is 0 Å². The standard InChI is InChI=1S/C26H24N2O6/c29-24-19-6-1-2-7-20(19)25(30)28(24)12-11-16(26(31)32)13-21(27-33)15-9-10-18-17-5-3-4-8-22(17)34-23(18)14-15/h1-2,6-7,9-10,14,16,21H,3-5,8,11-13H2,(H,31,32). The van der Waals surface area contributed by atoms with Gasteiger partial charge in [0.05, 0.1) is 17.0 Å². The van der Waals surface area contributed by atoms with Crippen LogP contribution < -0.4 is 0 Å². The van der Waals surface area contributed by atoms with Gasteiger partial charge in [-0.2, -0.15) is 4.91 Å². The number of hydrogen-bond donors (Lipinski definition) is 1. The molecule has 0 fully saturated rings. The first-order chi connectivity index (χ1) is 16.5. The molecule has 3 aromatic rings. The third kappa shape index (κ3) is 3.79. The fraction of sp³-hybridized carbons (Fsp3) is 0.346. The van der Waals surface area contributed by atoms with Crippen molar-refractivity contribution in [2.75, 3.05) is 6.54 Å². The first-order valence-electron chi connectivity index (χ1n) is 11.5. The summed E-state index contributed by atoms with van der Waals surface area (Å²) in [5.41, 5.74) is 3.15. The molecular weight excluding hydrogens is 436 g/mol. The molecule has 2 atom stereocenters. The second-order valence-electron chi connectivity index (χ2n) is 8.95. The third-order valence-electron chi connectivity index (χ3n) is 6.93. The highest BCUT2D eigenvalue weighted by molar-refractivity contribution is 6.21. The van der Waals surface area contributed by atoms with Crippen LogP contribution in [0.25, 0.3) is 11.0 Å². The van der Waals surface area contributed by atoms with E-state index >= 15 is 0 Å². The number of aryl methyl sites for hydroxylation is 2. The van der Waals surface area contributed by atoms with E-state index in [1.165, 1.54) is 5.56 Å².